The maximum absolute atomic E-state index is 4.72. The fourth-order valence-electron chi connectivity index (χ4n) is 2.94. The van der Waals surface area contributed by atoms with Crippen molar-refractivity contribution in [1.82, 2.24) is 15.3 Å². The second-order valence-electron chi connectivity index (χ2n) is 5.22. The van der Waals surface area contributed by atoms with Crippen molar-refractivity contribution in [3.05, 3.63) is 23.5 Å². The van der Waals surface area contributed by atoms with Gasteiger partial charge in [0.05, 0.1) is 21.4 Å². The minimum atomic E-state index is 0.277. The third kappa shape index (κ3) is 2.27. The molecule has 0 bridgehead atoms. The van der Waals surface area contributed by atoms with Crippen molar-refractivity contribution in [2.24, 2.45) is 0 Å². The van der Waals surface area contributed by atoms with Crippen molar-refractivity contribution in [3.63, 3.8) is 0 Å². The molecule has 0 aliphatic heterocycles. The summed E-state index contributed by atoms with van der Waals surface area (Å²) in [5, 5.41) is 4.81. The normalized spacial score (nSPS) is 19.2. The monoisotopic (exact) mass is 261 g/mol. The van der Waals surface area contributed by atoms with E-state index in [1.165, 1.54) is 41.8 Å². The zero-order valence-corrected chi connectivity index (χ0v) is 11.6. The van der Waals surface area contributed by atoms with Crippen molar-refractivity contribution in [2.45, 2.75) is 44.1 Å². The van der Waals surface area contributed by atoms with E-state index < -0.39 is 0 Å². The maximum atomic E-state index is 4.72. The Morgan fingerprint density at radius 2 is 2.17 bits per heavy atom. The van der Waals surface area contributed by atoms with E-state index in [2.05, 4.69) is 23.4 Å². The summed E-state index contributed by atoms with van der Waals surface area (Å²) in [5.74, 6) is 0. The number of nitrogens with zero attached hydrogens (tertiary/aromatic N) is 2. The molecule has 2 aromatic rings. The van der Waals surface area contributed by atoms with Crippen molar-refractivity contribution in [1.29, 1.82) is 0 Å². The van der Waals surface area contributed by atoms with Gasteiger partial charge >= 0.3 is 0 Å². The maximum Gasteiger partial charge on any atom is 0.0998 e. The molecule has 0 aromatic carbocycles. The number of rotatable bonds is 3. The molecule has 4 heteroatoms. The molecule has 1 N–H and O–H groups in total. The molecule has 3 nitrogen and oxygen atoms in total. The molecule has 96 valence electrons. The molecule has 18 heavy (non-hydrogen) atoms. The van der Waals surface area contributed by atoms with E-state index in [4.69, 9.17) is 4.98 Å². The lowest BCUT2D eigenvalue weighted by Gasteiger charge is -2.36. The summed E-state index contributed by atoms with van der Waals surface area (Å²) in [6.45, 7) is 0. The molecule has 0 spiro atoms. The molecular weight excluding hydrogens is 242 g/mol. The van der Waals surface area contributed by atoms with Gasteiger partial charge in [0.1, 0.15) is 0 Å². The van der Waals surface area contributed by atoms with Crippen LogP contribution in [0.4, 0.5) is 0 Å². The minimum Gasteiger partial charge on any atom is -0.314 e. The van der Waals surface area contributed by atoms with E-state index >= 15 is 0 Å². The summed E-state index contributed by atoms with van der Waals surface area (Å²) in [4.78, 5) is 8.85. The van der Waals surface area contributed by atoms with E-state index in [0.29, 0.717) is 0 Å². The number of hydrogen-bond donors (Lipinski definition) is 1. The summed E-state index contributed by atoms with van der Waals surface area (Å²) in [5.41, 5.74) is 1.32. The Balaban J connectivity index is 1.85. The van der Waals surface area contributed by atoms with Crippen LogP contribution >= 0.6 is 11.3 Å². The minimum absolute atomic E-state index is 0.277. The predicted octanol–water partition coefficient (Wildman–Crippen LogP) is 3.16. The van der Waals surface area contributed by atoms with Crippen molar-refractivity contribution in [3.8, 4) is 0 Å². The Morgan fingerprint density at radius 3 is 2.89 bits per heavy atom. The molecule has 0 amide bonds. The van der Waals surface area contributed by atoms with Gasteiger partial charge in [-0.25, -0.2) is 4.98 Å². The van der Waals surface area contributed by atoms with Gasteiger partial charge in [-0.1, -0.05) is 19.3 Å². The molecule has 1 aliphatic rings. The Kier molecular flexibility index (Phi) is 3.31. The van der Waals surface area contributed by atoms with Crippen LogP contribution in [0.1, 0.15) is 37.1 Å². The lowest BCUT2D eigenvalue weighted by atomic mass is 9.79. The van der Waals surface area contributed by atoms with Gasteiger partial charge in [0.15, 0.2) is 0 Å². The van der Waals surface area contributed by atoms with Crippen LogP contribution in [0.2, 0.25) is 0 Å². The highest BCUT2D eigenvalue weighted by atomic mass is 32.1. The molecule has 3 rings (SSSR count). The first-order valence-corrected chi connectivity index (χ1v) is 7.51. The third-order valence-electron chi connectivity index (χ3n) is 4.06. The molecule has 0 radical (unpaired) electrons. The number of hydrogen-bond acceptors (Lipinski definition) is 4. The number of pyridine rings is 1. The SMILES string of the molecule is CNC1(Cc2nc3cnccc3s2)CCCCC1. The molecule has 2 heterocycles. The summed E-state index contributed by atoms with van der Waals surface area (Å²) in [6.07, 6.45) is 11.4. The fraction of sp³-hybridized carbons (Fsp3) is 0.571. The highest BCUT2D eigenvalue weighted by Crippen LogP contribution is 2.33. The second kappa shape index (κ2) is 4.94. The number of likely N-dealkylation sites (N-methyl/N-ethyl adjacent to an activating group) is 1. The molecule has 0 atom stereocenters. The average Bonchev–Trinajstić information content (AvgIpc) is 2.81. The molecular formula is C14H19N3S. The molecule has 1 saturated carbocycles. The smallest absolute Gasteiger partial charge is 0.0998 e. The predicted molar refractivity (Wildman–Crippen MR) is 76.0 cm³/mol. The van der Waals surface area contributed by atoms with Crippen LogP contribution in [0, 0.1) is 0 Å². The van der Waals surface area contributed by atoms with Crippen LogP contribution in [0.5, 0.6) is 0 Å². The van der Waals surface area contributed by atoms with E-state index in [1.807, 2.05) is 23.7 Å². The van der Waals surface area contributed by atoms with Gasteiger partial charge < -0.3 is 5.32 Å². The van der Waals surface area contributed by atoms with Gasteiger partial charge in [0, 0.05) is 18.2 Å². The number of nitrogens with one attached hydrogen (secondary N) is 1. The first-order valence-electron chi connectivity index (χ1n) is 6.70. The van der Waals surface area contributed by atoms with Gasteiger partial charge in [-0.3, -0.25) is 4.98 Å². The largest absolute Gasteiger partial charge is 0.314 e. The van der Waals surface area contributed by atoms with Crippen LogP contribution in [0.25, 0.3) is 10.2 Å². The molecule has 0 unspecified atom stereocenters. The first-order chi connectivity index (χ1) is 8.81. The Labute approximate surface area is 112 Å². The van der Waals surface area contributed by atoms with E-state index in [-0.39, 0.29) is 5.54 Å². The lowest BCUT2D eigenvalue weighted by Crippen LogP contribution is -2.46. The lowest BCUT2D eigenvalue weighted by molar-refractivity contribution is 0.244. The molecule has 1 aliphatic carbocycles. The van der Waals surface area contributed by atoms with Gasteiger partial charge in [-0.2, -0.15) is 0 Å². The Morgan fingerprint density at radius 1 is 1.33 bits per heavy atom. The Bertz CT molecular complexity index is 496. The number of fused-ring (bicyclic) bond motifs is 1. The van der Waals surface area contributed by atoms with Crippen molar-refractivity contribution in [2.75, 3.05) is 7.05 Å². The van der Waals surface area contributed by atoms with E-state index in [0.717, 1.165) is 11.9 Å². The highest BCUT2D eigenvalue weighted by Gasteiger charge is 2.31. The van der Waals surface area contributed by atoms with Crippen LogP contribution in [0.3, 0.4) is 0 Å². The van der Waals surface area contributed by atoms with E-state index in [9.17, 15) is 0 Å². The summed E-state index contributed by atoms with van der Waals surface area (Å²) < 4.78 is 1.25. The number of thiazole rings is 1. The van der Waals surface area contributed by atoms with Crippen LogP contribution < -0.4 is 5.32 Å². The van der Waals surface area contributed by atoms with Crippen LogP contribution in [-0.2, 0) is 6.42 Å². The molecule has 0 saturated heterocycles. The zero-order chi connectivity index (χ0) is 12.4. The van der Waals surface area contributed by atoms with Crippen LogP contribution in [0.15, 0.2) is 18.5 Å². The van der Waals surface area contributed by atoms with Crippen molar-refractivity contribution < 1.29 is 0 Å². The summed E-state index contributed by atoms with van der Waals surface area (Å²) in [7, 11) is 2.10. The van der Waals surface area contributed by atoms with Crippen LogP contribution in [-0.4, -0.2) is 22.6 Å². The molecule has 1 fully saturated rings. The Hall–Kier alpha value is -1.00. The van der Waals surface area contributed by atoms with Crippen molar-refractivity contribution >= 4 is 21.6 Å². The van der Waals surface area contributed by atoms with E-state index in [1.54, 1.807) is 0 Å². The zero-order valence-electron chi connectivity index (χ0n) is 10.8. The van der Waals surface area contributed by atoms with Gasteiger partial charge in [-0.15, -0.1) is 11.3 Å². The standard InChI is InChI=1S/C14H19N3S/c1-15-14(6-3-2-4-7-14)9-13-17-11-10-16-8-5-12(11)18-13/h5,8,10,15H,2-4,6-7,9H2,1H3. The third-order valence-corrected chi connectivity index (χ3v) is 5.10. The average molecular weight is 261 g/mol. The topological polar surface area (TPSA) is 37.8 Å². The molecule has 2 aromatic heterocycles. The highest BCUT2D eigenvalue weighted by molar-refractivity contribution is 7.18. The summed E-state index contributed by atoms with van der Waals surface area (Å²) >= 11 is 1.81. The second-order valence-corrected chi connectivity index (χ2v) is 6.33. The van der Waals surface area contributed by atoms with Gasteiger partial charge in [0.25, 0.3) is 0 Å². The van der Waals surface area contributed by atoms with Gasteiger partial charge in [-0.05, 0) is 26.0 Å². The quantitative estimate of drug-likeness (QED) is 0.922. The summed E-state index contributed by atoms with van der Waals surface area (Å²) in [6, 6.07) is 2.06. The first kappa shape index (κ1) is 12.1. The van der Waals surface area contributed by atoms with Gasteiger partial charge in [0.2, 0.25) is 0 Å². The fourth-order valence-corrected chi connectivity index (χ4v) is 4.01. The number of aromatic nitrogens is 2.